The molecule has 0 aliphatic heterocycles. The summed E-state index contributed by atoms with van der Waals surface area (Å²) in [7, 11) is 0. The van der Waals surface area contributed by atoms with Crippen molar-refractivity contribution in [1.82, 2.24) is 0 Å². The van der Waals surface area contributed by atoms with Gasteiger partial charge in [-0.15, -0.1) is 11.8 Å². The Morgan fingerprint density at radius 1 is 1.21 bits per heavy atom. The maximum absolute atomic E-state index is 14.1. The number of halogens is 4. The Hall–Kier alpha value is -2.05. The second-order valence-corrected chi connectivity index (χ2v) is 7.81. The maximum Gasteiger partial charge on any atom is 0.310 e. The molecule has 2 atom stereocenters. The van der Waals surface area contributed by atoms with Crippen molar-refractivity contribution in [3.63, 3.8) is 0 Å². The Labute approximate surface area is 164 Å². The predicted molar refractivity (Wildman–Crippen MR) is 94.8 cm³/mol. The fourth-order valence-corrected chi connectivity index (χ4v) is 3.54. The van der Waals surface area contributed by atoms with Crippen molar-refractivity contribution >= 4 is 17.7 Å². The summed E-state index contributed by atoms with van der Waals surface area (Å²) < 4.78 is 60.9. The Morgan fingerprint density at radius 3 is 2.21 bits per heavy atom. The van der Waals surface area contributed by atoms with Crippen LogP contribution in [0.25, 0.3) is 0 Å². The molecule has 0 amide bonds. The van der Waals surface area contributed by atoms with Gasteiger partial charge in [-0.1, -0.05) is 19.9 Å². The third-order valence-electron chi connectivity index (χ3n) is 4.99. The molecule has 0 radical (unpaired) electrons. The number of rotatable bonds is 7. The van der Waals surface area contributed by atoms with Crippen molar-refractivity contribution in [2.75, 3.05) is 12.9 Å². The molecule has 0 bridgehead atoms. The number of hydrogen-bond donors (Lipinski definition) is 1. The van der Waals surface area contributed by atoms with E-state index in [-0.39, 0.29) is 5.92 Å². The quantitative estimate of drug-likeness (QED) is 0.316. The average molecular weight is 417 g/mol. The number of thioether (sulfide) groups is 1. The van der Waals surface area contributed by atoms with Gasteiger partial charge in [0.15, 0.2) is 23.3 Å². The number of nitrogens with zero attached hydrogens (tertiary/aromatic N) is 1. The van der Waals surface area contributed by atoms with Crippen molar-refractivity contribution in [1.29, 1.82) is 5.26 Å². The zero-order valence-electron chi connectivity index (χ0n) is 15.5. The van der Waals surface area contributed by atoms with Crippen molar-refractivity contribution in [2.45, 2.75) is 26.9 Å². The van der Waals surface area contributed by atoms with Crippen LogP contribution in [0.15, 0.2) is 11.0 Å². The van der Waals surface area contributed by atoms with Gasteiger partial charge in [-0.2, -0.15) is 5.26 Å². The average Bonchev–Trinajstić information content (AvgIpc) is 3.21. The summed E-state index contributed by atoms with van der Waals surface area (Å²) in [6, 6.07) is 1.99. The van der Waals surface area contributed by atoms with Crippen LogP contribution >= 0.6 is 11.8 Å². The first-order valence-corrected chi connectivity index (χ1v) is 9.61. The summed E-state index contributed by atoms with van der Waals surface area (Å²) in [5, 5.41) is 17.8. The number of ether oxygens (including phenoxy) is 1. The molecule has 1 N–H and O–H groups in total. The molecule has 0 unspecified atom stereocenters. The number of hydrogen-bond acceptors (Lipinski definition) is 5. The first kappa shape index (κ1) is 22.2. The zero-order valence-corrected chi connectivity index (χ0v) is 16.3. The molecule has 0 heterocycles. The molecule has 1 aliphatic rings. The first-order valence-electron chi connectivity index (χ1n) is 8.38. The van der Waals surface area contributed by atoms with E-state index in [1.54, 1.807) is 26.2 Å². The smallest absolute Gasteiger partial charge is 0.310 e. The predicted octanol–water partition coefficient (Wildman–Crippen LogP) is 3.86. The minimum Gasteiger partial charge on any atom is -0.460 e. The maximum atomic E-state index is 14.1. The first-order chi connectivity index (χ1) is 13.1. The van der Waals surface area contributed by atoms with Gasteiger partial charge < -0.3 is 9.84 Å². The molecule has 4 nitrogen and oxygen atoms in total. The van der Waals surface area contributed by atoms with Gasteiger partial charge in [0.2, 0.25) is 0 Å². The second-order valence-electron chi connectivity index (χ2n) is 6.97. The standard InChI is InChI=1S/C19H19F4NO3S/c1-19(2)12(6-9(7-24)28-3)13(19)18(26)27-8-11-16(22)14(20)10(4-5-25)15(21)17(11)23/h6,12-13,25H,4-5,8H2,1-3H3/t12-,13+/m1/s1. The monoisotopic (exact) mass is 417 g/mol. The van der Waals surface area contributed by atoms with Crippen LogP contribution < -0.4 is 0 Å². The van der Waals surface area contributed by atoms with Crippen LogP contribution in [-0.2, 0) is 22.6 Å². The number of aliphatic hydroxyl groups is 1. The summed E-state index contributed by atoms with van der Waals surface area (Å²) in [5.41, 5.74) is -2.45. The molecule has 1 aromatic carbocycles. The van der Waals surface area contributed by atoms with E-state index in [1.165, 1.54) is 11.8 Å². The Bertz CT molecular complexity index is 835. The molecule has 0 saturated heterocycles. The molecular formula is C19H19F4NO3S. The van der Waals surface area contributed by atoms with E-state index in [0.29, 0.717) is 4.91 Å². The highest BCUT2D eigenvalue weighted by atomic mass is 32.2. The van der Waals surface area contributed by atoms with Gasteiger partial charge in [0.1, 0.15) is 12.7 Å². The van der Waals surface area contributed by atoms with Gasteiger partial charge in [0.25, 0.3) is 0 Å². The van der Waals surface area contributed by atoms with Crippen LogP contribution in [0.5, 0.6) is 0 Å². The fourth-order valence-electron chi connectivity index (χ4n) is 3.17. The number of carbonyl (C=O) groups excluding carboxylic acids is 1. The van der Waals surface area contributed by atoms with Crippen LogP contribution in [0.4, 0.5) is 17.6 Å². The SMILES string of the molecule is CSC(C#N)=C[C@@H]1[C@@H](C(=O)OCc2c(F)c(F)c(CCO)c(F)c2F)C1(C)C. The highest BCUT2D eigenvalue weighted by Crippen LogP contribution is 2.60. The van der Waals surface area contributed by atoms with Crippen LogP contribution in [0.2, 0.25) is 0 Å². The van der Waals surface area contributed by atoms with Crippen LogP contribution in [0, 0.1) is 51.9 Å². The topological polar surface area (TPSA) is 70.3 Å². The Balaban J connectivity index is 2.18. The zero-order chi connectivity index (χ0) is 21.2. The summed E-state index contributed by atoms with van der Waals surface area (Å²) in [6.45, 7) is 1.90. The third-order valence-corrected chi connectivity index (χ3v) is 5.66. The van der Waals surface area contributed by atoms with E-state index < -0.39 is 71.3 Å². The summed E-state index contributed by atoms with van der Waals surface area (Å²) in [4.78, 5) is 12.7. The summed E-state index contributed by atoms with van der Waals surface area (Å²) in [5.74, 6) is -8.26. The van der Waals surface area contributed by atoms with Gasteiger partial charge in [0, 0.05) is 18.6 Å². The lowest BCUT2D eigenvalue weighted by atomic mass is 10.1. The molecule has 1 saturated carbocycles. The van der Waals surface area contributed by atoms with E-state index in [0.717, 1.165) is 0 Å². The molecule has 28 heavy (non-hydrogen) atoms. The fraction of sp³-hybridized carbons (Fsp3) is 0.474. The lowest BCUT2D eigenvalue weighted by molar-refractivity contribution is -0.147. The number of esters is 1. The minimum atomic E-state index is -1.66. The minimum absolute atomic E-state index is 0.294. The largest absolute Gasteiger partial charge is 0.460 e. The third kappa shape index (κ3) is 4.03. The molecule has 9 heteroatoms. The van der Waals surface area contributed by atoms with Crippen molar-refractivity contribution in [3.05, 3.63) is 45.4 Å². The number of allylic oxidation sites excluding steroid dienone is 2. The molecule has 0 spiro atoms. The Morgan fingerprint density at radius 2 is 1.75 bits per heavy atom. The van der Waals surface area contributed by atoms with Gasteiger partial charge >= 0.3 is 5.97 Å². The van der Waals surface area contributed by atoms with Gasteiger partial charge in [-0.3, -0.25) is 4.79 Å². The Kier molecular flexibility index (Phi) is 6.78. The molecular weight excluding hydrogens is 398 g/mol. The number of nitriles is 1. The molecule has 1 fully saturated rings. The highest BCUT2D eigenvalue weighted by Gasteiger charge is 2.61. The van der Waals surface area contributed by atoms with Crippen molar-refractivity contribution in [2.24, 2.45) is 17.3 Å². The molecule has 1 aliphatic carbocycles. The lowest BCUT2D eigenvalue weighted by Crippen LogP contribution is -2.15. The van der Waals surface area contributed by atoms with Crippen LogP contribution in [-0.4, -0.2) is 23.9 Å². The number of benzene rings is 1. The molecule has 2 rings (SSSR count). The second kappa shape index (κ2) is 8.53. The van der Waals surface area contributed by atoms with Gasteiger partial charge in [-0.05, 0) is 17.6 Å². The molecule has 0 aromatic heterocycles. The van der Waals surface area contributed by atoms with Crippen LogP contribution in [0.1, 0.15) is 25.0 Å². The number of carbonyl (C=O) groups is 1. The van der Waals surface area contributed by atoms with E-state index >= 15 is 0 Å². The summed E-state index contributed by atoms with van der Waals surface area (Å²) >= 11 is 1.22. The van der Waals surface area contributed by atoms with Gasteiger partial charge in [0.05, 0.1) is 16.4 Å². The van der Waals surface area contributed by atoms with Crippen molar-refractivity contribution < 1.29 is 32.2 Å². The summed E-state index contributed by atoms with van der Waals surface area (Å²) in [6.07, 6.45) is 2.76. The van der Waals surface area contributed by atoms with Crippen molar-refractivity contribution in [3.8, 4) is 6.07 Å². The number of aliphatic hydroxyl groups excluding tert-OH is 1. The van der Waals surface area contributed by atoms with E-state index in [1.807, 2.05) is 6.07 Å². The van der Waals surface area contributed by atoms with Crippen LogP contribution in [0.3, 0.4) is 0 Å². The lowest BCUT2D eigenvalue weighted by Gasteiger charge is -2.12. The van der Waals surface area contributed by atoms with E-state index in [2.05, 4.69) is 0 Å². The van der Waals surface area contributed by atoms with E-state index in [9.17, 15) is 22.4 Å². The van der Waals surface area contributed by atoms with E-state index in [4.69, 9.17) is 15.1 Å². The molecule has 152 valence electrons. The normalized spacial score (nSPS) is 20.6. The highest BCUT2D eigenvalue weighted by molar-refractivity contribution is 8.02. The molecule has 1 aromatic rings. The van der Waals surface area contributed by atoms with Gasteiger partial charge in [-0.25, -0.2) is 17.6 Å².